The van der Waals surface area contributed by atoms with E-state index in [0.29, 0.717) is 11.7 Å². The molecule has 1 aromatic rings. The van der Waals surface area contributed by atoms with Crippen LogP contribution >= 0.6 is 11.3 Å². The zero-order chi connectivity index (χ0) is 13.1. The average molecular weight is 259 g/mol. The van der Waals surface area contributed by atoms with E-state index in [2.05, 4.69) is 15.8 Å². The number of amides is 1. The largest absolute Gasteiger partial charge is 0.444 e. The van der Waals surface area contributed by atoms with E-state index in [4.69, 9.17) is 9.94 Å². The maximum absolute atomic E-state index is 11.5. The van der Waals surface area contributed by atoms with E-state index < -0.39 is 11.7 Å². The molecule has 0 aliphatic heterocycles. The summed E-state index contributed by atoms with van der Waals surface area (Å²) in [7, 11) is 0. The van der Waals surface area contributed by atoms with Crippen molar-refractivity contribution in [3.05, 3.63) is 10.6 Å². The lowest BCUT2D eigenvalue weighted by molar-refractivity contribution is 0.0636. The van der Waals surface area contributed by atoms with Gasteiger partial charge in [0.05, 0.1) is 12.2 Å². The molecule has 7 heteroatoms. The van der Waals surface area contributed by atoms with Crippen molar-refractivity contribution in [1.82, 2.24) is 10.5 Å². The second-order valence-corrected chi connectivity index (χ2v) is 5.57. The molecule has 1 amide bonds. The lowest BCUT2D eigenvalue weighted by Gasteiger charge is -2.18. The highest BCUT2D eigenvalue weighted by Crippen LogP contribution is 2.22. The molecule has 0 spiro atoms. The Kier molecular flexibility index (Phi) is 4.44. The minimum Gasteiger partial charge on any atom is -0.444 e. The Labute approximate surface area is 104 Å². The lowest BCUT2D eigenvalue weighted by atomic mass is 10.2. The number of hydroxylamine groups is 1. The van der Waals surface area contributed by atoms with Crippen LogP contribution in [0.5, 0.6) is 0 Å². The van der Waals surface area contributed by atoms with Crippen molar-refractivity contribution in [3.63, 3.8) is 0 Å². The number of nitrogens with one attached hydrogen (secondary N) is 2. The zero-order valence-electron chi connectivity index (χ0n) is 10.3. The first-order valence-corrected chi connectivity index (χ1v) is 5.97. The number of carbonyl (C=O) groups is 1. The third-order valence-electron chi connectivity index (χ3n) is 1.74. The quantitative estimate of drug-likeness (QED) is 0.725. The minimum absolute atomic E-state index is 0.305. The third kappa shape index (κ3) is 4.68. The van der Waals surface area contributed by atoms with E-state index in [1.54, 1.807) is 20.8 Å². The number of aryl methyl sites for hydroxylation is 1. The molecule has 0 unspecified atom stereocenters. The Morgan fingerprint density at radius 1 is 1.53 bits per heavy atom. The number of rotatable bonds is 3. The molecule has 6 nitrogen and oxygen atoms in total. The monoisotopic (exact) mass is 259 g/mol. The Balaban J connectivity index is 2.63. The molecule has 0 fully saturated rings. The van der Waals surface area contributed by atoms with E-state index in [9.17, 15) is 4.79 Å². The first-order valence-electron chi connectivity index (χ1n) is 5.15. The van der Waals surface area contributed by atoms with Crippen molar-refractivity contribution in [2.75, 3.05) is 5.32 Å². The maximum Gasteiger partial charge on any atom is 0.413 e. The van der Waals surface area contributed by atoms with Crippen LogP contribution in [-0.2, 0) is 11.3 Å². The Morgan fingerprint density at radius 2 is 2.18 bits per heavy atom. The summed E-state index contributed by atoms with van der Waals surface area (Å²) in [6.07, 6.45) is -0.533. The number of hydrogen-bond donors (Lipinski definition) is 3. The van der Waals surface area contributed by atoms with Crippen molar-refractivity contribution in [3.8, 4) is 0 Å². The molecule has 0 saturated heterocycles. The summed E-state index contributed by atoms with van der Waals surface area (Å²) in [4.78, 5) is 16.5. The van der Waals surface area contributed by atoms with Crippen LogP contribution in [0.1, 0.15) is 31.3 Å². The van der Waals surface area contributed by atoms with E-state index in [-0.39, 0.29) is 0 Å². The van der Waals surface area contributed by atoms with Gasteiger partial charge in [-0.15, -0.1) is 0 Å². The number of thiazole rings is 1. The summed E-state index contributed by atoms with van der Waals surface area (Å²) >= 11 is 1.29. The topological polar surface area (TPSA) is 83.5 Å². The van der Waals surface area contributed by atoms with Crippen LogP contribution in [-0.4, -0.2) is 21.9 Å². The number of ether oxygens (including phenoxy) is 1. The van der Waals surface area contributed by atoms with Gasteiger partial charge in [-0.2, -0.15) is 0 Å². The predicted octanol–water partition coefficient (Wildman–Crippen LogP) is 2.28. The van der Waals surface area contributed by atoms with Crippen molar-refractivity contribution >= 4 is 22.6 Å². The number of carbonyl (C=O) groups excluding carboxylic acids is 1. The minimum atomic E-state index is -0.536. The van der Waals surface area contributed by atoms with Gasteiger partial charge in [-0.3, -0.25) is 5.32 Å². The smallest absolute Gasteiger partial charge is 0.413 e. The first-order chi connectivity index (χ1) is 7.81. The Bertz CT molecular complexity index is 398. The first kappa shape index (κ1) is 13.9. The standard InChI is InChI=1S/C10H17N3O3S/c1-6-7(5-11-15)17-8(12-6)13-9(14)16-10(2,3)4/h11,15H,5H2,1-4H3,(H,12,13,14). The molecule has 1 heterocycles. The summed E-state index contributed by atoms with van der Waals surface area (Å²) in [6, 6.07) is 0. The molecular weight excluding hydrogens is 242 g/mol. The normalized spacial score (nSPS) is 11.4. The van der Waals surface area contributed by atoms with Crippen LogP contribution in [0.4, 0.5) is 9.93 Å². The molecule has 17 heavy (non-hydrogen) atoms. The molecule has 1 aromatic heterocycles. The lowest BCUT2D eigenvalue weighted by Crippen LogP contribution is -2.27. The number of nitrogens with zero attached hydrogens (tertiary/aromatic N) is 1. The van der Waals surface area contributed by atoms with Crippen LogP contribution in [0.15, 0.2) is 0 Å². The van der Waals surface area contributed by atoms with Gasteiger partial charge in [0.15, 0.2) is 5.13 Å². The molecule has 0 bridgehead atoms. The van der Waals surface area contributed by atoms with Crippen LogP contribution in [0, 0.1) is 6.92 Å². The predicted molar refractivity (Wildman–Crippen MR) is 65.3 cm³/mol. The number of hydrogen-bond acceptors (Lipinski definition) is 6. The summed E-state index contributed by atoms with van der Waals surface area (Å²) in [5.41, 5.74) is 2.29. The van der Waals surface area contributed by atoms with Gasteiger partial charge in [-0.25, -0.2) is 15.3 Å². The molecule has 96 valence electrons. The Hall–Kier alpha value is -1.18. The average Bonchev–Trinajstić information content (AvgIpc) is 2.43. The Morgan fingerprint density at radius 3 is 2.71 bits per heavy atom. The molecule has 1 rings (SSSR count). The van der Waals surface area contributed by atoms with Crippen molar-refractivity contribution in [1.29, 1.82) is 0 Å². The van der Waals surface area contributed by atoms with Gasteiger partial charge in [0, 0.05) is 4.88 Å². The molecule has 0 atom stereocenters. The third-order valence-corrected chi connectivity index (χ3v) is 2.81. The van der Waals surface area contributed by atoms with E-state index in [1.165, 1.54) is 11.3 Å². The number of anilines is 1. The van der Waals surface area contributed by atoms with Gasteiger partial charge in [0.1, 0.15) is 5.60 Å². The maximum atomic E-state index is 11.5. The molecule has 3 N–H and O–H groups in total. The van der Waals surface area contributed by atoms with Crippen LogP contribution < -0.4 is 10.8 Å². The van der Waals surface area contributed by atoms with Crippen LogP contribution in [0.3, 0.4) is 0 Å². The van der Waals surface area contributed by atoms with Gasteiger partial charge in [0.25, 0.3) is 0 Å². The molecule has 0 aromatic carbocycles. The summed E-state index contributed by atoms with van der Waals surface area (Å²) in [6.45, 7) is 7.49. The van der Waals surface area contributed by atoms with E-state index in [0.717, 1.165) is 10.6 Å². The molecule has 0 radical (unpaired) electrons. The fraction of sp³-hybridized carbons (Fsp3) is 0.600. The zero-order valence-corrected chi connectivity index (χ0v) is 11.1. The SMILES string of the molecule is Cc1nc(NC(=O)OC(C)(C)C)sc1CNO. The van der Waals surface area contributed by atoms with Crippen molar-refractivity contribution in [2.24, 2.45) is 0 Å². The molecular formula is C10H17N3O3S. The van der Waals surface area contributed by atoms with Crippen LogP contribution in [0.2, 0.25) is 0 Å². The van der Waals surface area contributed by atoms with Gasteiger partial charge in [-0.1, -0.05) is 11.3 Å². The van der Waals surface area contributed by atoms with Crippen LogP contribution in [0.25, 0.3) is 0 Å². The van der Waals surface area contributed by atoms with E-state index in [1.807, 2.05) is 6.92 Å². The van der Waals surface area contributed by atoms with Gasteiger partial charge < -0.3 is 9.94 Å². The highest BCUT2D eigenvalue weighted by Gasteiger charge is 2.17. The van der Waals surface area contributed by atoms with Crippen molar-refractivity contribution < 1.29 is 14.7 Å². The van der Waals surface area contributed by atoms with Crippen molar-refractivity contribution in [2.45, 2.75) is 39.8 Å². The summed E-state index contributed by atoms with van der Waals surface area (Å²) < 4.78 is 5.10. The summed E-state index contributed by atoms with van der Waals surface area (Å²) in [5.74, 6) is 0. The fourth-order valence-electron chi connectivity index (χ4n) is 1.11. The van der Waals surface area contributed by atoms with E-state index >= 15 is 0 Å². The number of aromatic nitrogens is 1. The van der Waals surface area contributed by atoms with Gasteiger partial charge in [-0.05, 0) is 27.7 Å². The second kappa shape index (κ2) is 5.44. The second-order valence-electron chi connectivity index (χ2n) is 4.49. The summed E-state index contributed by atoms with van der Waals surface area (Å²) in [5, 5.41) is 11.6. The van der Waals surface area contributed by atoms with Gasteiger partial charge in [0.2, 0.25) is 0 Å². The highest BCUT2D eigenvalue weighted by atomic mass is 32.1. The highest BCUT2D eigenvalue weighted by molar-refractivity contribution is 7.15. The molecule has 0 aliphatic carbocycles. The van der Waals surface area contributed by atoms with Gasteiger partial charge >= 0.3 is 6.09 Å². The molecule has 0 aliphatic rings. The fourth-order valence-corrected chi connectivity index (χ4v) is 1.99. The molecule has 0 saturated carbocycles.